The van der Waals surface area contributed by atoms with Crippen LogP contribution in [-0.4, -0.2) is 47.5 Å². The number of aliphatic imine (C=N–C) groups is 1. The molecule has 0 atom stereocenters. The maximum Gasteiger partial charge on any atom is 0.283 e. The Hall–Kier alpha value is -3.26. The number of benzene rings is 2. The number of hydrogen-bond acceptors (Lipinski definition) is 6. The molecule has 0 unspecified atom stereocenters. The summed E-state index contributed by atoms with van der Waals surface area (Å²) in [6.07, 6.45) is 1.73. The van der Waals surface area contributed by atoms with E-state index in [0.29, 0.717) is 35.5 Å². The van der Waals surface area contributed by atoms with Gasteiger partial charge in [0.05, 0.1) is 11.4 Å². The van der Waals surface area contributed by atoms with Crippen molar-refractivity contribution in [3.8, 4) is 11.5 Å². The molecule has 0 saturated heterocycles. The minimum atomic E-state index is -0.232. The Morgan fingerprint density at radius 1 is 1.12 bits per heavy atom. The lowest BCUT2D eigenvalue weighted by molar-refractivity contribution is -0.128. The van der Waals surface area contributed by atoms with Crippen LogP contribution in [-0.2, 0) is 9.59 Å². The van der Waals surface area contributed by atoms with Crippen LogP contribution in [0.4, 0.5) is 5.69 Å². The molecule has 166 valence electrons. The van der Waals surface area contributed by atoms with E-state index in [4.69, 9.17) is 9.47 Å². The molecule has 2 amide bonds. The van der Waals surface area contributed by atoms with Crippen molar-refractivity contribution in [2.24, 2.45) is 4.99 Å². The Balaban J connectivity index is 1.63. The largest absolute Gasteiger partial charge is 0.454 e. The molecular weight excluding hydrogens is 426 g/mol. The smallest absolute Gasteiger partial charge is 0.283 e. The first-order chi connectivity index (χ1) is 15.5. The van der Waals surface area contributed by atoms with Crippen molar-refractivity contribution in [3.05, 3.63) is 59.3 Å². The summed E-state index contributed by atoms with van der Waals surface area (Å²) in [5.41, 5.74) is 2.91. The number of aryl methyl sites for hydroxylation is 1. The van der Waals surface area contributed by atoms with Crippen LogP contribution in [0.1, 0.15) is 25.0 Å². The Morgan fingerprint density at radius 3 is 2.56 bits per heavy atom. The zero-order valence-corrected chi connectivity index (χ0v) is 19.1. The number of nitrogens with zero attached hydrogens (tertiary/aromatic N) is 3. The lowest BCUT2D eigenvalue weighted by atomic mass is 10.1. The molecule has 7 nitrogen and oxygen atoms in total. The second kappa shape index (κ2) is 9.48. The van der Waals surface area contributed by atoms with E-state index >= 15 is 0 Å². The molecule has 32 heavy (non-hydrogen) atoms. The highest BCUT2D eigenvalue weighted by atomic mass is 32.2. The van der Waals surface area contributed by atoms with Gasteiger partial charge in [-0.15, -0.1) is 0 Å². The summed E-state index contributed by atoms with van der Waals surface area (Å²) in [5.74, 6) is 1.33. The van der Waals surface area contributed by atoms with Gasteiger partial charge in [0.1, 0.15) is 5.70 Å². The molecular formula is C24H25N3O4S. The fraction of sp³-hybridized carbons (Fsp3) is 0.292. The maximum absolute atomic E-state index is 13.3. The second-order valence-electron chi connectivity index (χ2n) is 7.37. The molecule has 0 aliphatic carbocycles. The van der Waals surface area contributed by atoms with Crippen molar-refractivity contribution in [3.63, 3.8) is 0 Å². The number of hydrogen-bond donors (Lipinski definition) is 0. The van der Waals surface area contributed by atoms with Gasteiger partial charge in [0, 0.05) is 13.1 Å². The number of anilines is 1. The van der Waals surface area contributed by atoms with Crippen molar-refractivity contribution in [1.82, 2.24) is 4.90 Å². The van der Waals surface area contributed by atoms with E-state index < -0.39 is 0 Å². The first-order valence-electron chi connectivity index (χ1n) is 10.5. The average molecular weight is 452 g/mol. The third-order valence-corrected chi connectivity index (χ3v) is 6.19. The zero-order chi connectivity index (χ0) is 22.7. The van der Waals surface area contributed by atoms with Gasteiger partial charge in [-0.1, -0.05) is 35.5 Å². The highest BCUT2D eigenvalue weighted by Gasteiger charge is 2.32. The average Bonchev–Trinajstić information content (AvgIpc) is 3.38. The van der Waals surface area contributed by atoms with E-state index in [1.165, 1.54) is 11.8 Å². The van der Waals surface area contributed by atoms with Gasteiger partial charge in [-0.25, -0.2) is 4.99 Å². The second-order valence-corrected chi connectivity index (χ2v) is 8.31. The molecule has 0 N–H and O–H groups in total. The fourth-order valence-corrected chi connectivity index (χ4v) is 4.38. The molecule has 2 aliphatic heterocycles. The third-order valence-electron chi connectivity index (χ3n) is 5.26. The van der Waals surface area contributed by atoms with E-state index in [-0.39, 0.29) is 24.4 Å². The Labute approximate surface area is 191 Å². The van der Waals surface area contributed by atoms with Crippen molar-refractivity contribution in [2.45, 2.75) is 20.8 Å². The van der Waals surface area contributed by atoms with Gasteiger partial charge in [0.15, 0.2) is 16.7 Å². The van der Waals surface area contributed by atoms with Crippen molar-refractivity contribution in [2.75, 3.05) is 30.5 Å². The van der Waals surface area contributed by atoms with Crippen molar-refractivity contribution < 1.29 is 19.1 Å². The number of amides is 2. The summed E-state index contributed by atoms with van der Waals surface area (Å²) < 4.78 is 10.8. The number of rotatable bonds is 6. The minimum absolute atomic E-state index is 0.0206. The monoisotopic (exact) mass is 451 g/mol. The Bertz CT molecular complexity index is 1090. The molecule has 0 fully saturated rings. The maximum atomic E-state index is 13.3. The summed E-state index contributed by atoms with van der Waals surface area (Å²) >= 11 is 1.27. The van der Waals surface area contributed by atoms with Crippen LogP contribution >= 0.6 is 11.8 Å². The van der Waals surface area contributed by atoms with Crippen LogP contribution in [0.3, 0.4) is 0 Å². The predicted octanol–water partition coefficient (Wildman–Crippen LogP) is 4.07. The van der Waals surface area contributed by atoms with Crippen LogP contribution in [0.5, 0.6) is 11.5 Å². The van der Waals surface area contributed by atoms with Crippen molar-refractivity contribution >= 4 is 40.5 Å². The van der Waals surface area contributed by atoms with Gasteiger partial charge in [0.25, 0.3) is 5.91 Å². The summed E-state index contributed by atoms with van der Waals surface area (Å²) in [7, 11) is 0. The first kappa shape index (κ1) is 22.0. The number of carbonyl (C=O) groups is 2. The number of ether oxygens (including phenoxy) is 2. The van der Waals surface area contributed by atoms with Crippen LogP contribution in [0.15, 0.2) is 53.2 Å². The van der Waals surface area contributed by atoms with E-state index in [1.807, 2.05) is 63.2 Å². The summed E-state index contributed by atoms with van der Waals surface area (Å²) in [5, 5.41) is 0.492. The SMILES string of the molecule is CCN(CC)C(=O)CSC1=N/C(=C\c2ccc3c(c2)OCO3)C(=O)N1c1ccc(C)cc1. The Kier molecular flexibility index (Phi) is 6.50. The van der Waals surface area contributed by atoms with Gasteiger partial charge >= 0.3 is 0 Å². The number of fused-ring (bicyclic) bond motifs is 1. The molecule has 8 heteroatoms. The van der Waals surface area contributed by atoms with Crippen LogP contribution in [0.25, 0.3) is 6.08 Å². The molecule has 0 aromatic heterocycles. The highest BCUT2D eigenvalue weighted by Crippen LogP contribution is 2.34. The molecule has 0 saturated carbocycles. The first-order valence-corrected chi connectivity index (χ1v) is 11.5. The van der Waals surface area contributed by atoms with Crippen molar-refractivity contribution in [1.29, 1.82) is 0 Å². The lowest BCUT2D eigenvalue weighted by Gasteiger charge is -2.20. The number of thioether (sulfide) groups is 1. The quantitative estimate of drug-likeness (QED) is 0.619. The number of amidine groups is 1. The zero-order valence-electron chi connectivity index (χ0n) is 18.3. The summed E-state index contributed by atoms with van der Waals surface area (Å²) in [4.78, 5) is 33.8. The number of carbonyl (C=O) groups excluding carboxylic acids is 2. The topological polar surface area (TPSA) is 71.4 Å². The van der Waals surface area contributed by atoms with Gasteiger partial charge in [-0.05, 0) is 56.7 Å². The van der Waals surface area contributed by atoms with Gasteiger partial charge < -0.3 is 14.4 Å². The molecule has 0 radical (unpaired) electrons. The van der Waals surface area contributed by atoms with Crippen LogP contribution in [0, 0.1) is 6.92 Å². The van der Waals surface area contributed by atoms with E-state index in [2.05, 4.69) is 4.99 Å². The normalized spacial score (nSPS) is 16.0. The third kappa shape index (κ3) is 4.50. The van der Waals surface area contributed by atoms with Gasteiger partial charge in [0.2, 0.25) is 12.7 Å². The fourth-order valence-electron chi connectivity index (χ4n) is 3.47. The lowest BCUT2D eigenvalue weighted by Crippen LogP contribution is -2.34. The van der Waals surface area contributed by atoms with E-state index in [9.17, 15) is 9.59 Å². The Morgan fingerprint density at radius 2 is 1.84 bits per heavy atom. The minimum Gasteiger partial charge on any atom is -0.454 e. The van der Waals surface area contributed by atoms with E-state index in [1.54, 1.807) is 15.9 Å². The highest BCUT2D eigenvalue weighted by molar-refractivity contribution is 8.14. The predicted molar refractivity (Wildman–Crippen MR) is 127 cm³/mol. The van der Waals surface area contributed by atoms with Gasteiger partial charge in [-0.2, -0.15) is 0 Å². The molecule has 2 heterocycles. The molecule has 4 rings (SSSR count). The molecule has 0 bridgehead atoms. The molecule has 0 spiro atoms. The van der Waals surface area contributed by atoms with Gasteiger partial charge in [-0.3, -0.25) is 14.5 Å². The van der Waals surface area contributed by atoms with Crippen LogP contribution < -0.4 is 14.4 Å². The van der Waals surface area contributed by atoms with E-state index in [0.717, 1.165) is 16.8 Å². The van der Waals surface area contributed by atoms with Crippen LogP contribution in [0.2, 0.25) is 0 Å². The molecule has 2 aliphatic rings. The standard InChI is InChI=1S/C24H25N3O4S/c1-4-26(5-2)22(28)14-32-24-25-19(12-17-8-11-20-21(13-17)31-15-30-20)23(29)27(24)18-9-6-16(3)7-10-18/h6-13H,4-5,14-15H2,1-3H3/b19-12-. The molecule has 2 aromatic rings. The summed E-state index contributed by atoms with van der Waals surface area (Å²) in [6.45, 7) is 7.39. The summed E-state index contributed by atoms with van der Waals surface area (Å²) in [6, 6.07) is 13.2. The molecule has 2 aromatic carbocycles.